The zero-order valence-corrected chi connectivity index (χ0v) is 16.7. The van der Waals surface area contributed by atoms with Crippen LogP contribution in [0.25, 0.3) is 0 Å². The Morgan fingerprint density at radius 2 is 2.00 bits per heavy atom. The number of ether oxygens (including phenoxy) is 2. The molecule has 1 amide bonds. The van der Waals surface area contributed by atoms with Crippen molar-refractivity contribution in [3.63, 3.8) is 0 Å². The third-order valence-electron chi connectivity index (χ3n) is 3.80. The molecule has 0 atom stereocenters. The number of rotatable bonds is 5. The van der Waals surface area contributed by atoms with Gasteiger partial charge < -0.3 is 20.1 Å². The lowest BCUT2D eigenvalue weighted by Gasteiger charge is -2.30. The van der Waals surface area contributed by atoms with Crippen molar-refractivity contribution < 1.29 is 19.1 Å². The number of nitrogens with one attached hydrogen (secondary N) is 2. The summed E-state index contributed by atoms with van der Waals surface area (Å²) in [6.07, 6.45) is 0.614. The SMILES string of the molecule is CCOC(=O)c1c(NC(=O)CNC(C)(C)C)sc2c1CC(C)(C)OC2. The molecule has 140 valence electrons. The molecule has 0 saturated carbocycles. The van der Waals surface area contributed by atoms with E-state index in [0.717, 1.165) is 10.4 Å². The minimum Gasteiger partial charge on any atom is -0.462 e. The second kappa shape index (κ2) is 7.43. The summed E-state index contributed by atoms with van der Waals surface area (Å²) in [7, 11) is 0. The number of carbonyl (C=O) groups is 2. The molecular weight excluding hydrogens is 340 g/mol. The van der Waals surface area contributed by atoms with Crippen molar-refractivity contribution in [3.8, 4) is 0 Å². The third-order valence-corrected chi connectivity index (χ3v) is 4.92. The second-order valence-electron chi connectivity index (χ2n) is 7.81. The van der Waals surface area contributed by atoms with Gasteiger partial charge in [-0.25, -0.2) is 4.79 Å². The molecule has 0 unspecified atom stereocenters. The maximum absolute atomic E-state index is 12.5. The number of carbonyl (C=O) groups excluding carboxylic acids is 2. The van der Waals surface area contributed by atoms with E-state index in [2.05, 4.69) is 10.6 Å². The van der Waals surface area contributed by atoms with E-state index in [4.69, 9.17) is 9.47 Å². The first-order valence-corrected chi connectivity index (χ1v) is 9.34. The van der Waals surface area contributed by atoms with Gasteiger partial charge in [0.15, 0.2) is 0 Å². The van der Waals surface area contributed by atoms with E-state index in [0.29, 0.717) is 30.2 Å². The summed E-state index contributed by atoms with van der Waals surface area (Å²) < 4.78 is 11.0. The van der Waals surface area contributed by atoms with Gasteiger partial charge in [-0.3, -0.25) is 4.79 Å². The van der Waals surface area contributed by atoms with E-state index in [1.165, 1.54) is 11.3 Å². The first-order chi connectivity index (χ1) is 11.5. The van der Waals surface area contributed by atoms with Gasteiger partial charge in [-0.15, -0.1) is 11.3 Å². The molecule has 0 bridgehead atoms. The Morgan fingerprint density at radius 3 is 2.60 bits per heavy atom. The molecule has 1 aromatic heterocycles. The molecule has 0 fully saturated rings. The van der Waals surface area contributed by atoms with Crippen LogP contribution in [0, 0.1) is 0 Å². The van der Waals surface area contributed by atoms with Gasteiger partial charge in [0.2, 0.25) is 5.91 Å². The van der Waals surface area contributed by atoms with Gasteiger partial charge in [-0.05, 0) is 47.1 Å². The molecule has 1 aliphatic heterocycles. The lowest BCUT2D eigenvalue weighted by Crippen LogP contribution is -2.41. The minimum absolute atomic E-state index is 0.159. The van der Waals surface area contributed by atoms with Crippen molar-refractivity contribution in [2.75, 3.05) is 18.5 Å². The Kier molecular flexibility index (Phi) is 5.91. The van der Waals surface area contributed by atoms with Crippen molar-refractivity contribution in [3.05, 3.63) is 16.0 Å². The topological polar surface area (TPSA) is 76.7 Å². The summed E-state index contributed by atoms with van der Waals surface area (Å²) in [4.78, 5) is 25.7. The van der Waals surface area contributed by atoms with Crippen LogP contribution < -0.4 is 10.6 Å². The lowest BCUT2D eigenvalue weighted by molar-refractivity contribution is -0.115. The summed E-state index contributed by atoms with van der Waals surface area (Å²) in [6.45, 7) is 12.7. The van der Waals surface area contributed by atoms with Crippen molar-refractivity contribution in [1.82, 2.24) is 5.32 Å². The summed E-state index contributed by atoms with van der Waals surface area (Å²) in [6, 6.07) is 0. The van der Waals surface area contributed by atoms with Gasteiger partial charge in [-0.2, -0.15) is 0 Å². The molecule has 2 heterocycles. The summed E-state index contributed by atoms with van der Waals surface area (Å²) in [5, 5.41) is 6.56. The highest BCUT2D eigenvalue weighted by Crippen LogP contribution is 2.40. The lowest BCUT2D eigenvalue weighted by atomic mass is 9.93. The molecule has 0 aliphatic carbocycles. The fourth-order valence-electron chi connectivity index (χ4n) is 2.58. The number of amides is 1. The van der Waals surface area contributed by atoms with Crippen molar-refractivity contribution in [1.29, 1.82) is 0 Å². The molecular formula is C18H28N2O4S. The number of thiophene rings is 1. The van der Waals surface area contributed by atoms with E-state index in [1.807, 2.05) is 34.6 Å². The van der Waals surface area contributed by atoms with Crippen molar-refractivity contribution >= 4 is 28.2 Å². The Hall–Kier alpha value is -1.44. The molecule has 1 aromatic rings. The van der Waals surface area contributed by atoms with Gasteiger partial charge in [0.25, 0.3) is 0 Å². The predicted octanol–water partition coefficient (Wildman–Crippen LogP) is 3.10. The molecule has 0 radical (unpaired) electrons. The molecule has 25 heavy (non-hydrogen) atoms. The molecule has 2 rings (SSSR count). The first-order valence-electron chi connectivity index (χ1n) is 8.53. The third kappa shape index (κ3) is 5.26. The van der Waals surface area contributed by atoms with E-state index < -0.39 is 5.97 Å². The smallest absolute Gasteiger partial charge is 0.341 e. The molecule has 6 nitrogen and oxygen atoms in total. The summed E-state index contributed by atoms with van der Waals surface area (Å²) in [5.74, 6) is -0.573. The van der Waals surface area contributed by atoms with Gasteiger partial charge in [0.1, 0.15) is 5.00 Å². The number of hydrogen-bond acceptors (Lipinski definition) is 6. The van der Waals surface area contributed by atoms with Crippen LogP contribution in [0.1, 0.15) is 62.3 Å². The average molecular weight is 368 g/mol. The fourth-order valence-corrected chi connectivity index (χ4v) is 3.71. The number of anilines is 1. The van der Waals surface area contributed by atoms with Crippen LogP contribution in [0.4, 0.5) is 5.00 Å². The Balaban J connectivity index is 2.27. The van der Waals surface area contributed by atoms with Gasteiger partial charge in [-0.1, -0.05) is 0 Å². The molecule has 0 aromatic carbocycles. The van der Waals surface area contributed by atoms with Gasteiger partial charge in [0.05, 0.1) is 30.9 Å². The zero-order chi connectivity index (χ0) is 18.8. The molecule has 2 N–H and O–H groups in total. The number of esters is 1. The predicted molar refractivity (Wildman–Crippen MR) is 99.2 cm³/mol. The van der Waals surface area contributed by atoms with Crippen LogP contribution >= 0.6 is 11.3 Å². The number of fused-ring (bicyclic) bond motifs is 1. The Morgan fingerprint density at radius 1 is 1.32 bits per heavy atom. The number of hydrogen-bond donors (Lipinski definition) is 2. The largest absolute Gasteiger partial charge is 0.462 e. The standard InChI is InChI=1S/C18H28N2O4S/c1-7-23-16(22)14-11-8-18(5,6)24-10-12(11)25-15(14)20-13(21)9-19-17(2,3)4/h19H,7-10H2,1-6H3,(H,20,21). The Bertz CT molecular complexity index is 659. The zero-order valence-electron chi connectivity index (χ0n) is 15.9. The van der Waals surface area contributed by atoms with E-state index >= 15 is 0 Å². The maximum atomic E-state index is 12.5. The van der Waals surface area contributed by atoms with E-state index in [-0.39, 0.29) is 23.6 Å². The summed E-state index contributed by atoms with van der Waals surface area (Å²) in [5.41, 5.74) is 0.902. The quantitative estimate of drug-likeness (QED) is 0.781. The van der Waals surface area contributed by atoms with Crippen LogP contribution in [0.2, 0.25) is 0 Å². The van der Waals surface area contributed by atoms with Crippen LogP contribution in [0.5, 0.6) is 0 Å². The van der Waals surface area contributed by atoms with Crippen LogP contribution in [0.3, 0.4) is 0 Å². The first kappa shape index (κ1) is 19.9. The fraction of sp³-hybridized carbons (Fsp3) is 0.667. The van der Waals surface area contributed by atoms with Crippen molar-refractivity contribution in [2.24, 2.45) is 0 Å². The average Bonchev–Trinajstić information content (AvgIpc) is 2.80. The Labute approximate surface area is 153 Å². The van der Waals surface area contributed by atoms with E-state index in [9.17, 15) is 9.59 Å². The van der Waals surface area contributed by atoms with Gasteiger partial charge >= 0.3 is 5.97 Å². The minimum atomic E-state index is -0.392. The molecule has 0 spiro atoms. The monoisotopic (exact) mass is 368 g/mol. The maximum Gasteiger partial charge on any atom is 0.341 e. The highest BCUT2D eigenvalue weighted by Gasteiger charge is 2.34. The second-order valence-corrected chi connectivity index (χ2v) is 8.91. The molecule has 7 heteroatoms. The highest BCUT2D eigenvalue weighted by molar-refractivity contribution is 7.17. The van der Waals surface area contributed by atoms with Crippen LogP contribution in [-0.2, 0) is 27.3 Å². The normalized spacial score (nSPS) is 16.2. The van der Waals surface area contributed by atoms with E-state index in [1.54, 1.807) is 6.92 Å². The van der Waals surface area contributed by atoms with Crippen molar-refractivity contribution in [2.45, 2.75) is 65.7 Å². The van der Waals surface area contributed by atoms with Crippen LogP contribution in [-0.4, -0.2) is 36.2 Å². The van der Waals surface area contributed by atoms with Gasteiger partial charge in [0, 0.05) is 16.8 Å². The summed E-state index contributed by atoms with van der Waals surface area (Å²) >= 11 is 1.39. The molecule has 0 saturated heterocycles. The highest BCUT2D eigenvalue weighted by atomic mass is 32.1. The molecule has 1 aliphatic rings. The van der Waals surface area contributed by atoms with Crippen LogP contribution in [0.15, 0.2) is 0 Å².